The molecular weight excluding hydrogens is 328 g/mol. The number of rotatable bonds is 3. The number of ether oxygens (including phenoxy) is 1. The van der Waals surface area contributed by atoms with Crippen LogP contribution in [0.3, 0.4) is 0 Å². The van der Waals surface area contributed by atoms with Gasteiger partial charge in [0.2, 0.25) is 5.90 Å². The van der Waals surface area contributed by atoms with Gasteiger partial charge in [-0.2, -0.15) is 5.26 Å². The highest BCUT2D eigenvalue weighted by Crippen LogP contribution is 2.34. The van der Waals surface area contributed by atoms with E-state index in [-0.39, 0.29) is 0 Å². The van der Waals surface area contributed by atoms with Crippen molar-refractivity contribution in [2.75, 3.05) is 11.9 Å². The molecule has 1 aliphatic heterocycles. The monoisotopic (exact) mass is 340 g/mol. The van der Waals surface area contributed by atoms with Gasteiger partial charge in [0.1, 0.15) is 0 Å². The number of nitrogens with zero attached hydrogens (tertiary/aromatic N) is 2. The third kappa shape index (κ3) is 2.57. The summed E-state index contributed by atoms with van der Waals surface area (Å²) in [5.41, 5.74) is 2.15. The van der Waals surface area contributed by atoms with Crippen LogP contribution in [0.15, 0.2) is 59.6 Å². The largest absolute Gasteiger partial charge is 0.463 e. The minimum absolute atomic E-state index is 0.501. The second-order valence-electron chi connectivity index (χ2n) is 4.91. The van der Waals surface area contributed by atoms with Crippen molar-refractivity contribution in [3.8, 4) is 6.07 Å². The normalized spacial score (nSPS) is 20.5. The third-order valence-electron chi connectivity index (χ3n) is 3.55. The maximum absolute atomic E-state index is 8.89. The molecule has 4 heteroatoms. The zero-order valence-electron chi connectivity index (χ0n) is 11.3. The molecule has 0 radical (unpaired) electrons. The number of benzene rings is 2. The second kappa shape index (κ2) is 5.71. The summed E-state index contributed by atoms with van der Waals surface area (Å²) >= 11 is 3.54. The Hall–Kier alpha value is -2.12. The standard InChI is InChI=1S/C17H13BrN2O/c18-11-17(15-8-6-13(10-19)7-9-15)12-20-16(21-17)14-4-2-1-3-5-14/h1-9H,11-12H2/t17-/m0/s1. The molecule has 2 aromatic rings. The summed E-state index contributed by atoms with van der Waals surface area (Å²) in [6, 6.07) is 19.5. The van der Waals surface area contributed by atoms with Crippen LogP contribution in [0.4, 0.5) is 0 Å². The Morgan fingerprint density at radius 3 is 2.48 bits per heavy atom. The fourth-order valence-corrected chi connectivity index (χ4v) is 2.94. The van der Waals surface area contributed by atoms with Crippen LogP contribution in [0.5, 0.6) is 0 Å². The molecule has 2 aromatic carbocycles. The number of nitriles is 1. The van der Waals surface area contributed by atoms with E-state index in [0.29, 0.717) is 23.3 Å². The van der Waals surface area contributed by atoms with E-state index in [1.165, 1.54) is 0 Å². The van der Waals surface area contributed by atoms with Crippen molar-refractivity contribution in [3.63, 3.8) is 0 Å². The lowest BCUT2D eigenvalue weighted by atomic mass is 9.95. The molecule has 3 nitrogen and oxygen atoms in total. The number of alkyl halides is 1. The number of hydrogen-bond donors (Lipinski definition) is 0. The van der Waals surface area contributed by atoms with E-state index in [1.807, 2.05) is 54.6 Å². The van der Waals surface area contributed by atoms with E-state index < -0.39 is 5.60 Å². The lowest BCUT2D eigenvalue weighted by molar-refractivity contribution is 0.115. The molecule has 1 heterocycles. The molecule has 0 spiro atoms. The minimum Gasteiger partial charge on any atom is -0.463 e. The zero-order chi connectivity index (χ0) is 14.7. The molecule has 1 aliphatic rings. The zero-order valence-corrected chi connectivity index (χ0v) is 12.9. The van der Waals surface area contributed by atoms with E-state index in [2.05, 4.69) is 27.0 Å². The van der Waals surface area contributed by atoms with E-state index in [0.717, 1.165) is 11.1 Å². The van der Waals surface area contributed by atoms with Crippen molar-refractivity contribution in [1.82, 2.24) is 0 Å². The fourth-order valence-electron chi connectivity index (χ4n) is 2.33. The molecule has 3 rings (SSSR count). The van der Waals surface area contributed by atoms with Crippen molar-refractivity contribution in [2.45, 2.75) is 5.60 Å². The van der Waals surface area contributed by atoms with Crippen LogP contribution >= 0.6 is 15.9 Å². The number of halogens is 1. The predicted octanol–water partition coefficient (Wildman–Crippen LogP) is 3.63. The van der Waals surface area contributed by atoms with E-state index in [4.69, 9.17) is 10.00 Å². The number of aliphatic imine (C=N–C) groups is 1. The first kappa shape index (κ1) is 13.8. The highest BCUT2D eigenvalue weighted by atomic mass is 79.9. The average molecular weight is 341 g/mol. The molecule has 104 valence electrons. The second-order valence-corrected chi connectivity index (χ2v) is 5.47. The number of hydrogen-bond acceptors (Lipinski definition) is 3. The van der Waals surface area contributed by atoms with Gasteiger partial charge in [-0.25, -0.2) is 4.99 Å². The van der Waals surface area contributed by atoms with Gasteiger partial charge in [0.25, 0.3) is 0 Å². The van der Waals surface area contributed by atoms with Crippen LogP contribution in [-0.2, 0) is 10.3 Å². The summed E-state index contributed by atoms with van der Waals surface area (Å²) in [7, 11) is 0. The van der Waals surface area contributed by atoms with Gasteiger partial charge in [-0.1, -0.05) is 46.3 Å². The highest BCUT2D eigenvalue weighted by molar-refractivity contribution is 9.09. The molecule has 0 bridgehead atoms. The lowest BCUT2D eigenvalue weighted by Crippen LogP contribution is -2.32. The molecule has 0 unspecified atom stereocenters. The average Bonchev–Trinajstić information content (AvgIpc) is 3.02. The first-order chi connectivity index (χ1) is 10.3. The Labute approximate surface area is 132 Å². The SMILES string of the molecule is N#Cc1ccc([C@]2(CBr)CN=C(c3ccccc3)O2)cc1. The van der Waals surface area contributed by atoms with Crippen molar-refractivity contribution in [2.24, 2.45) is 4.99 Å². The van der Waals surface area contributed by atoms with Crippen LogP contribution in [0, 0.1) is 11.3 Å². The summed E-state index contributed by atoms with van der Waals surface area (Å²) in [6.45, 7) is 0.564. The van der Waals surface area contributed by atoms with E-state index in [1.54, 1.807) is 0 Å². The summed E-state index contributed by atoms with van der Waals surface area (Å²) in [5.74, 6) is 0.666. The van der Waals surface area contributed by atoms with Crippen LogP contribution < -0.4 is 0 Å². The van der Waals surface area contributed by atoms with Crippen molar-refractivity contribution < 1.29 is 4.74 Å². The molecule has 0 saturated carbocycles. The molecule has 0 fully saturated rings. The van der Waals surface area contributed by atoms with Gasteiger partial charge < -0.3 is 4.74 Å². The molecule has 0 aromatic heterocycles. The smallest absolute Gasteiger partial charge is 0.217 e. The molecule has 0 aliphatic carbocycles. The summed E-state index contributed by atoms with van der Waals surface area (Å²) < 4.78 is 6.16. The Morgan fingerprint density at radius 2 is 1.86 bits per heavy atom. The molecule has 0 amide bonds. The van der Waals surface area contributed by atoms with Crippen molar-refractivity contribution >= 4 is 21.8 Å². The maximum Gasteiger partial charge on any atom is 0.217 e. The predicted molar refractivity (Wildman–Crippen MR) is 85.6 cm³/mol. The molecule has 1 atom stereocenters. The van der Waals surface area contributed by atoms with Crippen molar-refractivity contribution in [3.05, 3.63) is 71.3 Å². The topological polar surface area (TPSA) is 45.4 Å². The Kier molecular flexibility index (Phi) is 3.76. The summed E-state index contributed by atoms with van der Waals surface area (Å²) in [5, 5.41) is 9.54. The Morgan fingerprint density at radius 1 is 1.14 bits per heavy atom. The third-order valence-corrected chi connectivity index (χ3v) is 4.45. The first-order valence-corrected chi connectivity index (χ1v) is 7.75. The summed E-state index contributed by atoms with van der Waals surface area (Å²) in [4.78, 5) is 4.55. The van der Waals surface area contributed by atoms with Gasteiger partial charge in [0, 0.05) is 10.9 Å². The van der Waals surface area contributed by atoms with Crippen LogP contribution in [-0.4, -0.2) is 17.8 Å². The van der Waals surface area contributed by atoms with Gasteiger partial charge in [-0.3, -0.25) is 0 Å². The summed E-state index contributed by atoms with van der Waals surface area (Å²) in [6.07, 6.45) is 0. The maximum atomic E-state index is 8.89. The van der Waals surface area contributed by atoms with Gasteiger partial charge in [0.05, 0.1) is 18.2 Å². The van der Waals surface area contributed by atoms with Gasteiger partial charge >= 0.3 is 0 Å². The molecule has 21 heavy (non-hydrogen) atoms. The van der Waals surface area contributed by atoms with Crippen molar-refractivity contribution in [1.29, 1.82) is 5.26 Å². The van der Waals surface area contributed by atoms with Crippen LogP contribution in [0.1, 0.15) is 16.7 Å². The van der Waals surface area contributed by atoms with Crippen LogP contribution in [0.2, 0.25) is 0 Å². The molecule has 0 N–H and O–H groups in total. The minimum atomic E-state index is -0.501. The Balaban J connectivity index is 1.89. The Bertz CT molecular complexity index is 704. The first-order valence-electron chi connectivity index (χ1n) is 6.63. The molecule has 0 saturated heterocycles. The quantitative estimate of drug-likeness (QED) is 0.801. The van der Waals surface area contributed by atoms with Gasteiger partial charge in [-0.05, 0) is 29.8 Å². The van der Waals surface area contributed by atoms with E-state index >= 15 is 0 Å². The highest BCUT2D eigenvalue weighted by Gasteiger charge is 2.39. The fraction of sp³-hybridized carbons (Fsp3) is 0.176. The molecular formula is C17H13BrN2O. The van der Waals surface area contributed by atoms with E-state index in [9.17, 15) is 0 Å². The van der Waals surface area contributed by atoms with Gasteiger partial charge in [-0.15, -0.1) is 0 Å². The van der Waals surface area contributed by atoms with Gasteiger partial charge in [0.15, 0.2) is 5.60 Å². The lowest BCUT2D eigenvalue weighted by Gasteiger charge is -2.26. The van der Waals surface area contributed by atoms with Crippen LogP contribution in [0.25, 0.3) is 0 Å².